The Bertz CT molecular complexity index is 710. The van der Waals surface area contributed by atoms with Crippen molar-refractivity contribution < 1.29 is 23.1 Å². The Morgan fingerprint density at radius 3 is 2.61 bits per heavy atom. The zero-order chi connectivity index (χ0) is 17.2. The van der Waals surface area contributed by atoms with Crippen LogP contribution in [-0.2, 0) is 13.2 Å². The first-order valence-corrected chi connectivity index (χ1v) is 6.83. The minimum Gasteiger partial charge on any atom is -0.387 e. The van der Waals surface area contributed by atoms with Crippen LogP contribution < -0.4 is 5.32 Å². The van der Waals surface area contributed by atoms with Crippen LogP contribution in [0.4, 0.5) is 13.2 Å². The second kappa shape index (κ2) is 6.41. The van der Waals surface area contributed by atoms with Gasteiger partial charge in [0.15, 0.2) is 0 Å². The Morgan fingerprint density at radius 1 is 1.39 bits per heavy atom. The van der Waals surface area contributed by atoms with Crippen molar-refractivity contribution in [2.24, 2.45) is 7.05 Å². The van der Waals surface area contributed by atoms with Crippen LogP contribution in [0.5, 0.6) is 0 Å². The number of hydrogen-bond acceptors (Lipinski definition) is 3. The molecule has 0 saturated carbocycles. The number of benzene rings is 1. The van der Waals surface area contributed by atoms with Crippen molar-refractivity contribution in [1.29, 1.82) is 0 Å². The Balaban J connectivity index is 2.10. The van der Waals surface area contributed by atoms with E-state index in [2.05, 4.69) is 10.4 Å². The smallest absolute Gasteiger partial charge is 0.387 e. The van der Waals surface area contributed by atoms with E-state index in [0.717, 1.165) is 6.07 Å². The number of aromatic nitrogens is 2. The quantitative estimate of drug-likeness (QED) is 0.905. The number of hydrogen-bond donors (Lipinski definition) is 2. The lowest BCUT2D eigenvalue weighted by Crippen LogP contribution is -2.30. The number of amides is 1. The standard InChI is InChI=1S/C15H16F3N3O2/c1-9-7-12(21(2)20-9)14(23)19-8-13(22)10-5-3-4-6-11(10)15(16,17)18/h3-7,13,22H,8H2,1-2H3,(H,19,23). The van der Waals surface area contributed by atoms with E-state index < -0.39 is 23.8 Å². The molecule has 1 aromatic carbocycles. The molecular weight excluding hydrogens is 311 g/mol. The third-order valence-corrected chi connectivity index (χ3v) is 3.32. The van der Waals surface area contributed by atoms with Gasteiger partial charge in [0.1, 0.15) is 5.69 Å². The number of aryl methyl sites for hydroxylation is 2. The van der Waals surface area contributed by atoms with Crippen molar-refractivity contribution in [3.8, 4) is 0 Å². The predicted octanol–water partition coefficient (Wildman–Crippen LogP) is 2.21. The van der Waals surface area contributed by atoms with Crippen LogP contribution in [0.1, 0.15) is 33.4 Å². The van der Waals surface area contributed by atoms with E-state index in [4.69, 9.17) is 0 Å². The summed E-state index contributed by atoms with van der Waals surface area (Å²) < 4.78 is 40.1. The summed E-state index contributed by atoms with van der Waals surface area (Å²) in [5, 5.41) is 16.4. The van der Waals surface area contributed by atoms with Gasteiger partial charge >= 0.3 is 6.18 Å². The van der Waals surface area contributed by atoms with Gasteiger partial charge in [-0.1, -0.05) is 18.2 Å². The molecule has 1 heterocycles. The molecule has 2 aromatic rings. The predicted molar refractivity (Wildman–Crippen MR) is 76.7 cm³/mol. The van der Waals surface area contributed by atoms with Crippen LogP contribution >= 0.6 is 0 Å². The highest BCUT2D eigenvalue weighted by molar-refractivity contribution is 5.92. The molecule has 23 heavy (non-hydrogen) atoms. The SMILES string of the molecule is Cc1cc(C(=O)NCC(O)c2ccccc2C(F)(F)F)n(C)n1. The molecule has 2 rings (SSSR count). The van der Waals surface area contributed by atoms with E-state index in [0.29, 0.717) is 5.69 Å². The minimum absolute atomic E-state index is 0.263. The van der Waals surface area contributed by atoms with E-state index in [1.807, 2.05) is 0 Å². The molecule has 0 aliphatic heterocycles. The number of rotatable bonds is 4. The van der Waals surface area contributed by atoms with Gasteiger partial charge in [0.25, 0.3) is 5.91 Å². The van der Waals surface area contributed by atoms with Crippen molar-refractivity contribution in [1.82, 2.24) is 15.1 Å². The number of nitrogens with zero attached hydrogens (tertiary/aromatic N) is 2. The molecule has 0 aliphatic carbocycles. The summed E-state index contributed by atoms with van der Waals surface area (Å²) in [6.45, 7) is 1.38. The van der Waals surface area contributed by atoms with Gasteiger partial charge in [-0.3, -0.25) is 9.48 Å². The number of carbonyl (C=O) groups is 1. The highest BCUT2D eigenvalue weighted by Crippen LogP contribution is 2.34. The molecule has 2 N–H and O–H groups in total. The monoisotopic (exact) mass is 327 g/mol. The molecule has 1 unspecified atom stereocenters. The molecule has 1 aromatic heterocycles. The summed E-state index contributed by atoms with van der Waals surface area (Å²) >= 11 is 0. The first kappa shape index (κ1) is 17.0. The lowest BCUT2D eigenvalue weighted by Gasteiger charge is -2.17. The van der Waals surface area contributed by atoms with E-state index in [-0.39, 0.29) is 17.8 Å². The summed E-state index contributed by atoms with van der Waals surface area (Å²) in [6, 6.07) is 6.28. The zero-order valence-corrected chi connectivity index (χ0v) is 12.6. The number of aliphatic hydroxyl groups excluding tert-OH is 1. The molecule has 0 radical (unpaired) electrons. The van der Waals surface area contributed by atoms with Gasteiger partial charge in [-0.05, 0) is 24.6 Å². The second-order valence-electron chi connectivity index (χ2n) is 5.11. The molecule has 124 valence electrons. The van der Waals surface area contributed by atoms with Gasteiger partial charge < -0.3 is 10.4 Å². The van der Waals surface area contributed by atoms with Crippen LogP contribution in [0.3, 0.4) is 0 Å². The van der Waals surface area contributed by atoms with Gasteiger partial charge in [-0.15, -0.1) is 0 Å². The normalized spacial score (nSPS) is 13.0. The van der Waals surface area contributed by atoms with Gasteiger partial charge in [-0.2, -0.15) is 18.3 Å². The van der Waals surface area contributed by atoms with Crippen LogP contribution in [0, 0.1) is 6.92 Å². The Hall–Kier alpha value is -2.35. The minimum atomic E-state index is -4.57. The first-order valence-electron chi connectivity index (χ1n) is 6.83. The molecule has 8 heteroatoms. The fourth-order valence-corrected chi connectivity index (χ4v) is 2.26. The largest absolute Gasteiger partial charge is 0.416 e. The maximum Gasteiger partial charge on any atom is 0.416 e. The Kier molecular flexibility index (Phi) is 4.74. The van der Waals surface area contributed by atoms with Crippen LogP contribution in [0.2, 0.25) is 0 Å². The Morgan fingerprint density at radius 2 is 2.04 bits per heavy atom. The summed E-state index contributed by atoms with van der Waals surface area (Å²) in [7, 11) is 1.58. The lowest BCUT2D eigenvalue weighted by atomic mass is 10.0. The highest BCUT2D eigenvalue weighted by Gasteiger charge is 2.34. The maximum atomic E-state index is 12.9. The zero-order valence-electron chi connectivity index (χ0n) is 12.6. The average molecular weight is 327 g/mol. The third kappa shape index (κ3) is 3.89. The molecule has 0 fully saturated rings. The van der Waals surface area contributed by atoms with Gasteiger partial charge in [0.2, 0.25) is 0 Å². The third-order valence-electron chi connectivity index (χ3n) is 3.32. The summed E-state index contributed by atoms with van der Waals surface area (Å²) in [4.78, 5) is 12.0. The van der Waals surface area contributed by atoms with Crippen molar-refractivity contribution in [3.63, 3.8) is 0 Å². The van der Waals surface area contributed by atoms with Crippen molar-refractivity contribution in [3.05, 3.63) is 52.8 Å². The van der Waals surface area contributed by atoms with Crippen LogP contribution in [-0.4, -0.2) is 27.3 Å². The van der Waals surface area contributed by atoms with Crippen LogP contribution in [0.25, 0.3) is 0 Å². The summed E-state index contributed by atoms with van der Waals surface area (Å²) in [5.41, 5.74) is -0.293. The van der Waals surface area contributed by atoms with E-state index in [1.165, 1.54) is 22.9 Å². The molecule has 0 saturated heterocycles. The fourth-order valence-electron chi connectivity index (χ4n) is 2.26. The number of aliphatic hydroxyl groups is 1. The molecular formula is C15H16F3N3O2. The lowest BCUT2D eigenvalue weighted by molar-refractivity contribution is -0.139. The molecule has 5 nitrogen and oxygen atoms in total. The van der Waals surface area contributed by atoms with Crippen molar-refractivity contribution in [2.45, 2.75) is 19.2 Å². The first-order chi connectivity index (χ1) is 10.7. The number of carbonyl (C=O) groups excluding carboxylic acids is 1. The van der Waals surface area contributed by atoms with E-state index in [1.54, 1.807) is 20.0 Å². The van der Waals surface area contributed by atoms with Crippen LogP contribution in [0.15, 0.2) is 30.3 Å². The topological polar surface area (TPSA) is 67.2 Å². The average Bonchev–Trinajstić information content (AvgIpc) is 2.82. The number of halogens is 3. The molecule has 1 amide bonds. The molecule has 0 bridgehead atoms. The second-order valence-corrected chi connectivity index (χ2v) is 5.11. The molecule has 0 spiro atoms. The van der Waals surface area contributed by atoms with Gasteiger partial charge in [0.05, 0.1) is 17.4 Å². The summed E-state index contributed by atoms with van der Waals surface area (Å²) in [6.07, 6.45) is -6.04. The van der Waals surface area contributed by atoms with Crippen molar-refractivity contribution >= 4 is 5.91 Å². The molecule has 0 aliphatic rings. The maximum absolute atomic E-state index is 12.9. The summed E-state index contributed by atoms with van der Waals surface area (Å²) in [5.74, 6) is -0.517. The van der Waals surface area contributed by atoms with Gasteiger partial charge in [0, 0.05) is 13.6 Å². The number of alkyl halides is 3. The fraction of sp³-hybridized carbons (Fsp3) is 0.333. The molecule has 1 atom stereocenters. The van der Waals surface area contributed by atoms with E-state index >= 15 is 0 Å². The van der Waals surface area contributed by atoms with E-state index in [9.17, 15) is 23.1 Å². The highest BCUT2D eigenvalue weighted by atomic mass is 19.4. The number of nitrogens with one attached hydrogen (secondary N) is 1. The van der Waals surface area contributed by atoms with Crippen molar-refractivity contribution in [2.75, 3.05) is 6.54 Å². The Labute approximate surface area is 130 Å². The van der Waals surface area contributed by atoms with Gasteiger partial charge in [-0.25, -0.2) is 0 Å².